The van der Waals surface area contributed by atoms with Crippen LogP contribution in [0.25, 0.3) is 10.9 Å². The molecule has 0 bridgehead atoms. The molecule has 1 aromatic heterocycles. The Labute approximate surface area is 121 Å². The Morgan fingerprint density at radius 2 is 2.00 bits per heavy atom. The molecule has 0 amide bonds. The van der Waals surface area contributed by atoms with Crippen LogP contribution in [0.5, 0.6) is 0 Å². The van der Waals surface area contributed by atoms with Crippen LogP contribution in [0.3, 0.4) is 0 Å². The van der Waals surface area contributed by atoms with E-state index in [0.29, 0.717) is 20.6 Å². The molecule has 94 valence electrons. The summed E-state index contributed by atoms with van der Waals surface area (Å²) >= 11 is 17.3. The normalized spacial score (nSPS) is 11.2. The third-order valence-corrected chi connectivity index (χ3v) is 3.76. The van der Waals surface area contributed by atoms with Crippen molar-refractivity contribution >= 4 is 51.3 Å². The lowest BCUT2D eigenvalue weighted by atomic mass is 10.0. The summed E-state index contributed by atoms with van der Waals surface area (Å²) < 4.78 is 0. The zero-order valence-corrected chi connectivity index (χ0v) is 12.3. The molecule has 0 aliphatic rings. The first-order valence-corrected chi connectivity index (χ1v) is 6.66. The van der Waals surface area contributed by atoms with Crippen molar-refractivity contribution in [2.45, 2.75) is 19.8 Å². The minimum Gasteiger partial charge on any atom is -0.389 e. The molecule has 1 heterocycles. The zero-order valence-electron chi connectivity index (χ0n) is 10.00. The minimum absolute atomic E-state index is 0.262. The first-order valence-electron chi connectivity index (χ1n) is 5.50. The second-order valence-electron chi connectivity index (χ2n) is 4.37. The lowest BCUT2D eigenvalue weighted by molar-refractivity contribution is 0.829. The van der Waals surface area contributed by atoms with Crippen molar-refractivity contribution in [3.8, 4) is 0 Å². The Bertz CT molecular complexity index is 638. The topological polar surface area (TPSA) is 38.9 Å². The Kier molecular flexibility index (Phi) is 3.76. The number of benzene rings is 1. The van der Waals surface area contributed by atoms with Crippen molar-refractivity contribution in [3.63, 3.8) is 0 Å². The first-order chi connectivity index (χ1) is 8.41. The number of halogens is 2. The van der Waals surface area contributed by atoms with Gasteiger partial charge in [0, 0.05) is 16.6 Å². The van der Waals surface area contributed by atoms with E-state index in [1.165, 1.54) is 0 Å². The summed E-state index contributed by atoms with van der Waals surface area (Å²) in [7, 11) is 0. The van der Waals surface area contributed by atoms with E-state index >= 15 is 0 Å². The molecule has 2 aromatic rings. The lowest BCUT2D eigenvalue weighted by Crippen LogP contribution is -2.12. The number of rotatable bonds is 2. The number of nitrogens with two attached hydrogens (primary N) is 1. The highest BCUT2D eigenvalue weighted by Gasteiger charge is 2.14. The molecule has 0 atom stereocenters. The van der Waals surface area contributed by atoms with Gasteiger partial charge in [-0.2, -0.15) is 0 Å². The van der Waals surface area contributed by atoms with E-state index in [-0.39, 0.29) is 5.92 Å². The van der Waals surface area contributed by atoms with Crippen LogP contribution in [0, 0.1) is 0 Å². The Morgan fingerprint density at radius 1 is 1.33 bits per heavy atom. The van der Waals surface area contributed by atoms with E-state index in [0.717, 1.165) is 16.6 Å². The summed E-state index contributed by atoms with van der Waals surface area (Å²) in [5.41, 5.74) is 8.10. The lowest BCUT2D eigenvalue weighted by Gasteiger charge is -2.12. The standard InChI is InChI=1S/C13H12Cl2N2S/c1-6(2)10-5-8(13(16)18)7-3-4-9(14)11(15)12(7)17-10/h3-6H,1-2H3,(H2,16,18). The van der Waals surface area contributed by atoms with Gasteiger partial charge in [0.15, 0.2) is 0 Å². The van der Waals surface area contributed by atoms with Gasteiger partial charge in [0.05, 0.1) is 15.6 Å². The predicted molar refractivity (Wildman–Crippen MR) is 81.7 cm³/mol. The third-order valence-electron chi connectivity index (χ3n) is 2.75. The summed E-state index contributed by atoms with van der Waals surface area (Å²) in [6.07, 6.45) is 0. The molecule has 18 heavy (non-hydrogen) atoms. The monoisotopic (exact) mass is 298 g/mol. The van der Waals surface area contributed by atoms with Crippen molar-refractivity contribution in [2.24, 2.45) is 5.73 Å². The molecule has 1 aromatic carbocycles. The largest absolute Gasteiger partial charge is 0.389 e. The number of aromatic nitrogens is 1. The predicted octanol–water partition coefficient (Wildman–Crippen LogP) is 4.30. The molecule has 0 radical (unpaired) electrons. The second-order valence-corrected chi connectivity index (χ2v) is 5.60. The molecular weight excluding hydrogens is 287 g/mol. The molecule has 2 rings (SSSR count). The van der Waals surface area contributed by atoms with E-state index in [4.69, 9.17) is 41.2 Å². The van der Waals surface area contributed by atoms with E-state index in [1.807, 2.05) is 12.1 Å². The number of fused-ring (bicyclic) bond motifs is 1. The Balaban J connectivity index is 2.90. The highest BCUT2D eigenvalue weighted by molar-refractivity contribution is 7.80. The zero-order chi connectivity index (χ0) is 13.4. The maximum absolute atomic E-state index is 6.20. The van der Waals surface area contributed by atoms with Crippen LogP contribution in [0.1, 0.15) is 31.0 Å². The number of thiocarbonyl (C=S) groups is 1. The molecular formula is C13H12Cl2N2S. The van der Waals surface area contributed by atoms with Gasteiger partial charge in [-0.3, -0.25) is 4.98 Å². The Morgan fingerprint density at radius 3 is 2.56 bits per heavy atom. The van der Waals surface area contributed by atoms with E-state index < -0.39 is 0 Å². The van der Waals surface area contributed by atoms with Crippen LogP contribution in [-0.4, -0.2) is 9.97 Å². The molecule has 2 N–H and O–H groups in total. The van der Waals surface area contributed by atoms with Crippen molar-refractivity contribution in [3.05, 3.63) is 39.5 Å². The maximum Gasteiger partial charge on any atom is 0.104 e. The smallest absolute Gasteiger partial charge is 0.104 e. The summed E-state index contributed by atoms with van der Waals surface area (Å²) in [4.78, 5) is 4.88. The fraction of sp³-hybridized carbons (Fsp3) is 0.231. The van der Waals surface area contributed by atoms with Crippen LogP contribution in [0.2, 0.25) is 10.0 Å². The molecule has 2 nitrogen and oxygen atoms in total. The molecule has 0 saturated carbocycles. The summed E-state index contributed by atoms with van der Waals surface area (Å²) in [6, 6.07) is 5.49. The van der Waals surface area contributed by atoms with Crippen molar-refractivity contribution in [2.75, 3.05) is 0 Å². The van der Waals surface area contributed by atoms with Gasteiger partial charge in [-0.1, -0.05) is 55.3 Å². The number of nitrogens with zero attached hydrogens (tertiary/aromatic N) is 1. The average molecular weight is 299 g/mol. The van der Waals surface area contributed by atoms with Crippen LogP contribution in [0.4, 0.5) is 0 Å². The van der Waals surface area contributed by atoms with Gasteiger partial charge in [-0.15, -0.1) is 0 Å². The van der Waals surface area contributed by atoms with Crippen LogP contribution < -0.4 is 5.73 Å². The summed E-state index contributed by atoms with van der Waals surface area (Å²) in [6.45, 7) is 4.10. The highest BCUT2D eigenvalue weighted by atomic mass is 35.5. The number of pyridine rings is 1. The van der Waals surface area contributed by atoms with E-state index in [1.54, 1.807) is 6.07 Å². The molecule has 0 aliphatic carbocycles. The first kappa shape index (κ1) is 13.5. The summed E-state index contributed by atoms with van der Waals surface area (Å²) in [5.74, 6) is 0.262. The third kappa shape index (κ3) is 2.30. The molecule has 0 aliphatic heterocycles. The minimum atomic E-state index is 0.262. The van der Waals surface area contributed by atoms with Gasteiger partial charge in [-0.25, -0.2) is 0 Å². The van der Waals surface area contributed by atoms with Gasteiger partial charge in [0.1, 0.15) is 4.99 Å². The van der Waals surface area contributed by atoms with Crippen LogP contribution >= 0.6 is 35.4 Å². The fourth-order valence-electron chi connectivity index (χ4n) is 1.75. The molecule has 0 unspecified atom stereocenters. The maximum atomic E-state index is 6.20. The molecule has 0 fully saturated rings. The van der Waals surface area contributed by atoms with Crippen LogP contribution in [0.15, 0.2) is 18.2 Å². The van der Waals surface area contributed by atoms with Gasteiger partial charge in [0.25, 0.3) is 0 Å². The summed E-state index contributed by atoms with van der Waals surface area (Å²) in [5, 5.41) is 1.75. The molecule has 5 heteroatoms. The van der Waals surface area contributed by atoms with Crippen molar-refractivity contribution < 1.29 is 0 Å². The SMILES string of the molecule is CC(C)c1cc(C(N)=S)c2ccc(Cl)c(Cl)c2n1. The molecule has 0 saturated heterocycles. The van der Waals surface area contributed by atoms with Crippen molar-refractivity contribution in [1.29, 1.82) is 0 Å². The van der Waals surface area contributed by atoms with Gasteiger partial charge in [-0.05, 0) is 18.1 Å². The number of hydrogen-bond donors (Lipinski definition) is 1. The van der Waals surface area contributed by atoms with E-state index in [9.17, 15) is 0 Å². The van der Waals surface area contributed by atoms with Gasteiger partial charge < -0.3 is 5.73 Å². The molecule has 0 spiro atoms. The van der Waals surface area contributed by atoms with Gasteiger partial charge in [0.2, 0.25) is 0 Å². The second kappa shape index (κ2) is 5.00. The van der Waals surface area contributed by atoms with Crippen molar-refractivity contribution in [1.82, 2.24) is 4.98 Å². The highest BCUT2D eigenvalue weighted by Crippen LogP contribution is 2.32. The quantitative estimate of drug-likeness (QED) is 0.840. The number of hydrogen-bond acceptors (Lipinski definition) is 2. The average Bonchev–Trinajstić information content (AvgIpc) is 2.32. The van der Waals surface area contributed by atoms with Crippen LogP contribution in [-0.2, 0) is 0 Å². The fourth-order valence-corrected chi connectivity index (χ4v) is 2.28. The van der Waals surface area contributed by atoms with E-state index in [2.05, 4.69) is 18.8 Å². The van der Waals surface area contributed by atoms with Gasteiger partial charge >= 0.3 is 0 Å². The Hall–Kier alpha value is -0.900.